The molecule has 0 aromatic heterocycles. The van der Waals surface area contributed by atoms with Crippen molar-refractivity contribution in [3.8, 4) is 0 Å². The van der Waals surface area contributed by atoms with Crippen LogP contribution in [-0.4, -0.2) is 14.5 Å². The summed E-state index contributed by atoms with van der Waals surface area (Å²) in [4.78, 5) is 0.168. The fraction of sp³-hybridized carbons (Fsp3) is 0.538. The minimum atomic E-state index is -3.53. The van der Waals surface area contributed by atoms with Crippen LogP contribution in [0.3, 0.4) is 0 Å². The van der Waals surface area contributed by atoms with Gasteiger partial charge in [-0.15, -0.1) is 0 Å². The lowest BCUT2D eigenvalue weighted by Crippen LogP contribution is -2.37. The molecule has 1 saturated carbocycles. The van der Waals surface area contributed by atoms with Gasteiger partial charge in [0.15, 0.2) is 0 Å². The van der Waals surface area contributed by atoms with Crippen molar-refractivity contribution in [1.82, 2.24) is 4.72 Å². The molecular weight excluding hydrogens is 284 g/mol. The Hall–Kier alpha value is -0.780. The summed E-state index contributed by atoms with van der Waals surface area (Å²) < 4.78 is 27.4. The largest absolute Gasteiger partial charge is 0.397 e. The molecule has 1 aromatic rings. The molecule has 2 rings (SSSR count). The van der Waals surface area contributed by atoms with E-state index in [-0.39, 0.29) is 16.6 Å². The highest BCUT2D eigenvalue weighted by molar-refractivity contribution is 7.89. The molecule has 0 amide bonds. The molecule has 0 spiro atoms. The number of nitrogens with one attached hydrogen (secondary N) is 1. The number of anilines is 1. The van der Waals surface area contributed by atoms with Crippen LogP contribution < -0.4 is 10.5 Å². The molecule has 3 unspecified atom stereocenters. The van der Waals surface area contributed by atoms with Crippen LogP contribution in [0.4, 0.5) is 5.69 Å². The van der Waals surface area contributed by atoms with E-state index in [9.17, 15) is 8.42 Å². The molecule has 1 fully saturated rings. The minimum Gasteiger partial charge on any atom is -0.397 e. The Balaban J connectivity index is 2.21. The summed E-state index contributed by atoms with van der Waals surface area (Å²) in [5.41, 5.74) is 5.93. The number of sulfonamides is 1. The Morgan fingerprint density at radius 3 is 2.53 bits per heavy atom. The number of hydrogen-bond donors (Lipinski definition) is 2. The van der Waals surface area contributed by atoms with Crippen molar-refractivity contribution in [3.63, 3.8) is 0 Å². The van der Waals surface area contributed by atoms with Crippen molar-refractivity contribution in [2.75, 3.05) is 5.73 Å². The number of rotatable bonds is 3. The van der Waals surface area contributed by atoms with Crippen LogP contribution in [-0.2, 0) is 10.0 Å². The number of hydrogen-bond acceptors (Lipinski definition) is 3. The van der Waals surface area contributed by atoms with Gasteiger partial charge in [-0.1, -0.05) is 25.4 Å². The molecule has 1 aliphatic rings. The summed E-state index contributed by atoms with van der Waals surface area (Å²) in [5, 5.41) is 0.363. The molecule has 106 valence electrons. The lowest BCUT2D eigenvalue weighted by molar-refractivity contribution is 0.402. The molecule has 0 radical (unpaired) electrons. The maximum atomic E-state index is 12.3. The molecule has 0 saturated heterocycles. The number of nitrogen functional groups attached to an aromatic ring is 1. The van der Waals surface area contributed by atoms with E-state index in [1.165, 1.54) is 18.2 Å². The average Bonchev–Trinajstić information content (AvgIpc) is 2.64. The van der Waals surface area contributed by atoms with E-state index in [4.69, 9.17) is 17.3 Å². The van der Waals surface area contributed by atoms with Crippen molar-refractivity contribution in [2.45, 2.75) is 37.6 Å². The van der Waals surface area contributed by atoms with Gasteiger partial charge in [-0.2, -0.15) is 0 Å². The topological polar surface area (TPSA) is 72.2 Å². The molecule has 1 aromatic carbocycles. The highest BCUT2D eigenvalue weighted by Crippen LogP contribution is 2.32. The summed E-state index contributed by atoms with van der Waals surface area (Å²) in [6, 6.07) is 4.38. The predicted molar refractivity (Wildman–Crippen MR) is 77.5 cm³/mol. The van der Waals surface area contributed by atoms with Gasteiger partial charge in [0.1, 0.15) is 0 Å². The SMILES string of the molecule is CC1CCC(NS(=O)(=O)c2ccc(Cl)c(N)c2)C1C. The monoisotopic (exact) mass is 302 g/mol. The lowest BCUT2D eigenvalue weighted by Gasteiger charge is -2.19. The first-order chi connectivity index (χ1) is 8.81. The maximum absolute atomic E-state index is 12.3. The molecule has 3 atom stereocenters. The van der Waals surface area contributed by atoms with Gasteiger partial charge in [-0.25, -0.2) is 13.1 Å². The molecular formula is C13H19ClN2O2S. The fourth-order valence-corrected chi connectivity index (χ4v) is 4.00. The van der Waals surface area contributed by atoms with E-state index in [1.807, 2.05) is 0 Å². The van der Waals surface area contributed by atoms with Gasteiger partial charge in [-0.05, 0) is 42.9 Å². The van der Waals surface area contributed by atoms with E-state index < -0.39 is 10.0 Å². The summed E-state index contributed by atoms with van der Waals surface area (Å²) in [6.07, 6.45) is 1.93. The van der Waals surface area contributed by atoms with Gasteiger partial charge < -0.3 is 5.73 Å². The van der Waals surface area contributed by atoms with Crippen LogP contribution in [0.15, 0.2) is 23.1 Å². The van der Waals surface area contributed by atoms with Gasteiger partial charge in [-0.3, -0.25) is 0 Å². The summed E-state index contributed by atoms with van der Waals surface area (Å²) >= 11 is 5.80. The second kappa shape index (κ2) is 5.31. The van der Waals surface area contributed by atoms with Crippen molar-refractivity contribution in [1.29, 1.82) is 0 Å². The molecule has 0 heterocycles. The molecule has 3 N–H and O–H groups in total. The molecule has 1 aliphatic carbocycles. The maximum Gasteiger partial charge on any atom is 0.240 e. The third-order valence-corrected chi connectivity index (χ3v) is 5.88. The average molecular weight is 303 g/mol. The Kier molecular flexibility index (Phi) is 4.08. The highest BCUT2D eigenvalue weighted by Gasteiger charge is 2.33. The first kappa shape index (κ1) is 14.6. The molecule has 19 heavy (non-hydrogen) atoms. The Morgan fingerprint density at radius 2 is 2.00 bits per heavy atom. The molecule has 6 heteroatoms. The number of benzene rings is 1. The molecule has 4 nitrogen and oxygen atoms in total. The summed E-state index contributed by atoms with van der Waals surface area (Å²) in [6.45, 7) is 4.24. The number of nitrogens with two attached hydrogens (primary N) is 1. The van der Waals surface area contributed by atoms with Crippen LogP contribution >= 0.6 is 11.6 Å². The first-order valence-electron chi connectivity index (χ1n) is 6.38. The fourth-order valence-electron chi connectivity index (χ4n) is 2.49. The first-order valence-corrected chi connectivity index (χ1v) is 8.24. The van der Waals surface area contributed by atoms with Gasteiger partial charge in [0.25, 0.3) is 0 Å². The van der Waals surface area contributed by atoms with Crippen LogP contribution in [0.25, 0.3) is 0 Å². The van der Waals surface area contributed by atoms with E-state index in [2.05, 4.69) is 18.6 Å². The van der Waals surface area contributed by atoms with E-state index in [0.717, 1.165) is 12.8 Å². The van der Waals surface area contributed by atoms with Gasteiger partial charge in [0.05, 0.1) is 15.6 Å². The molecule has 0 bridgehead atoms. The lowest BCUT2D eigenvalue weighted by atomic mass is 9.98. The van der Waals surface area contributed by atoms with Crippen molar-refractivity contribution in [3.05, 3.63) is 23.2 Å². The van der Waals surface area contributed by atoms with Crippen molar-refractivity contribution >= 4 is 27.3 Å². The third-order valence-electron chi connectivity index (χ3n) is 4.05. The normalized spacial score (nSPS) is 27.6. The summed E-state index contributed by atoms with van der Waals surface area (Å²) in [7, 11) is -3.53. The van der Waals surface area contributed by atoms with Crippen molar-refractivity contribution < 1.29 is 8.42 Å². The van der Waals surface area contributed by atoms with Gasteiger partial charge in [0, 0.05) is 6.04 Å². The standard InChI is InChI=1S/C13H19ClN2O2S/c1-8-3-6-13(9(8)2)16-19(17,18)10-4-5-11(14)12(15)7-10/h4-5,7-9,13,16H,3,6,15H2,1-2H3. The zero-order valence-electron chi connectivity index (χ0n) is 11.1. The predicted octanol–water partition coefficient (Wildman–Crippen LogP) is 2.64. The third kappa shape index (κ3) is 3.04. The quantitative estimate of drug-likeness (QED) is 0.843. The highest BCUT2D eigenvalue weighted by atomic mass is 35.5. The van der Waals surface area contributed by atoms with Gasteiger partial charge in [0.2, 0.25) is 10.0 Å². The Morgan fingerprint density at radius 1 is 1.32 bits per heavy atom. The second-order valence-electron chi connectivity index (χ2n) is 5.32. The molecule has 0 aliphatic heterocycles. The Labute approximate surface area is 119 Å². The minimum absolute atomic E-state index is 0.00287. The Bertz CT molecular complexity index is 574. The van der Waals surface area contributed by atoms with E-state index in [0.29, 0.717) is 16.9 Å². The van der Waals surface area contributed by atoms with Crippen LogP contribution in [0, 0.1) is 11.8 Å². The number of halogens is 1. The smallest absolute Gasteiger partial charge is 0.240 e. The second-order valence-corrected chi connectivity index (χ2v) is 7.45. The van der Waals surface area contributed by atoms with E-state index in [1.54, 1.807) is 0 Å². The summed E-state index contributed by atoms with van der Waals surface area (Å²) in [5.74, 6) is 0.891. The van der Waals surface area contributed by atoms with E-state index >= 15 is 0 Å². The van der Waals surface area contributed by atoms with Gasteiger partial charge >= 0.3 is 0 Å². The van der Waals surface area contributed by atoms with Crippen molar-refractivity contribution in [2.24, 2.45) is 11.8 Å². The van der Waals surface area contributed by atoms with Crippen LogP contribution in [0.2, 0.25) is 5.02 Å². The zero-order chi connectivity index (χ0) is 14.2. The zero-order valence-corrected chi connectivity index (χ0v) is 12.6. The van der Waals surface area contributed by atoms with Crippen LogP contribution in [0.1, 0.15) is 26.7 Å². The van der Waals surface area contributed by atoms with Crippen LogP contribution in [0.5, 0.6) is 0 Å².